The maximum absolute atomic E-state index is 13.0. The van der Waals surface area contributed by atoms with E-state index in [0.29, 0.717) is 11.5 Å². The van der Waals surface area contributed by atoms with E-state index >= 15 is 0 Å². The lowest BCUT2D eigenvalue weighted by molar-refractivity contribution is 0.628. The van der Waals surface area contributed by atoms with Crippen LogP contribution >= 0.6 is 0 Å². The predicted molar refractivity (Wildman–Crippen MR) is 94.0 cm³/mol. The van der Waals surface area contributed by atoms with Gasteiger partial charge in [0.25, 0.3) is 0 Å². The summed E-state index contributed by atoms with van der Waals surface area (Å²) in [6.07, 6.45) is 0. The van der Waals surface area contributed by atoms with E-state index in [2.05, 4.69) is 20.8 Å². The van der Waals surface area contributed by atoms with Crippen molar-refractivity contribution in [3.8, 4) is 0 Å². The van der Waals surface area contributed by atoms with Crippen molar-refractivity contribution in [1.82, 2.24) is 0 Å². The maximum Gasteiger partial charge on any atom is 0.201 e. The van der Waals surface area contributed by atoms with Crippen molar-refractivity contribution in [1.29, 1.82) is 0 Å². The highest BCUT2D eigenvalue weighted by Crippen LogP contribution is 2.14. The van der Waals surface area contributed by atoms with Crippen LogP contribution in [0.3, 0.4) is 0 Å². The third-order valence-corrected chi connectivity index (χ3v) is 3.18. The molecular formula is C19H15FN4. The van der Waals surface area contributed by atoms with Gasteiger partial charge in [-0.25, -0.2) is 4.39 Å². The molecule has 0 unspecified atom stereocenters. The van der Waals surface area contributed by atoms with E-state index in [9.17, 15) is 4.39 Å². The van der Waals surface area contributed by atoms with E-state index in [0.717, 1.165) is 11.3 Å². The molecule has 1 N–H and O–H groups in total. The van der Waals surface area contributed by atoms with Crippen LogP contribution in [-0.2, 0) is 0 Å². The first-order valence-corrected chi connectivity index (χ1v) is 7.43. The minimum atomic E-state index is -0.309. The first-order valence-electron chi connectivity index (χ1n) is 7.43. The standard InChI is InChI=1S/C19H15FN4/c20-16-11-13-18(14-12-16)22-24-19(15-7-3-1-4-8-15)23-21-17-9-5-2-6-10-17/h1-14,21H. The van der Waals surface area contributed by atoms with E-state index in [1.807, 2.05) is 60.7 Å². The number of amidine groups is 1. The van der Waals surface area contributed by atoms with Crippen LogP contribution in [0.5, 0.6) is 0 Å². The number of nitrogens with one attached hydrogen (secondary N) is 1. The summed E-state index contributed by atoms with van der Waals surface area (Å²) in [5.41, 5.74) is 5.19. The fourth-order valence-corrected chi connectivity index (χ4v) is 1.97. The van der Waals surface area contributed by atoms with Gasteiger partial charge in [-0.1, -0.05) is 48.5 Å². The lowest BCUT2D eigenvalue weighted by atomic mass is 10.2. The first kappa shape index (κ1) is 15.6. The molecule has 0 aromatic heterocycles. The second-order valence-electron chi connectivity index (χ2n) is 4.96. The number of rotatable bonds is 4. The molecule has 5 heteroatoms. The second kappa shape index (κ2) is 7.78. The number of benzene rings is 3. The zero-order chi connectivity index (χ0) is 16.6. The first-order chi connectivity index (χ1) is 11.8. The molecule has 0 aliphatic heterocycles. The van der Waals surface area contributed by atoms with Crippen LogP contribution in [0.1, 0.15) is 5.56 Å². The largest absolute Gasteiger partial charge is 0.276 e. The molecule has 3 rings (SSSR count). The summed E-state index contributed by atoms with van der Waals surface area (Å²) in [4.78, 5) is 0. The van der Waals surface area contributed by atoms with Crippen molar-refractivity contribution >= 4 is 17.2 Å². The lowest BCUT2D eigenvalue weighted by Crippen LogP contribution is -2.00. The molecule has 0 fully saturated rings. The molecule has 0 saturated carbocycles. The van der Waals surface area contributed by atoms with Gasteiger partial charge in [0.05, 0.1) is 11.4 Å². The average Bonchev–Trinajstić information content (AvgIpc) is 2.65. The lowest BCUT2D eigenvalue weighted by Gasteiger charge is -2.03. The van der Waals surface area contributed by atoms with Gasteiger partial charge in [0.15, 0.2) is 0 Å². The highest BCUT2D eigenvalue weighted by Gasteiger charge is 2.02. The van der Waals surface area contributed by atoms with Gasteiger partial charge in [-0.15, -0.1) is 10.2 Å². The molecule has 0 aliphatic carbocycles. The van der Waals surface area contributed by atoms with Crippen molar-refractivity contribution in [3.63, 3.8) is 0 Å². The molecule has 118 valence electrons. The molecule has 0 spiro atoms. The zero-order valence-electron chi connectivity index (χ0n) is 12.8. The second-order valence-corrected chi connectivity index (χ2v) is 4.96. The van der Waals surface area contributed by atoms with E-state index in [1.54, 1.807) is 12.1 Å². The number of hydrazone groups is 1. The third kappa shape index (κ3) is 4.33. The Balaban J connectivity index is 1.86. The fraction of sp³-hybridized carbons (Fsp3) is 0. The number of anilines is 1. The summed E-state index contributed by atoms with van der Waals surface area (Å²) in [6, 6.07) is 24.9. The summed E-state index contributed by atoms with van der Waals surface area (Å²) in [5, 5.41) is 12.7. The summed E-state index contributed by atoms with van der Waals surface area (Å²) in [6.45, 7) is 0. The van der Waals surface area contributed by atoms with Gasteiger partial charge in [0.1, 0.15) is 5.82 Å². The van der Waals surface area contributed by atoms with Crippen molar-refractivity contribution in [2.24, 2.45) is 15.3 Å². The number of hydrogen-bond acceptors (Lipinski definition) is 3. The van der Waals surface area contributed by atoms with Crippen LogP contribution in [0.25, 0.3) is 0 Å². The maximum atomic E-state index is 13.0. The number of hydrogen-bond donors (Lipinski definition) is 1. The molecule has 0 aliphatic rings. The van der Waals surface area contributed by atoms with Crippen molar-refractivity contribution < 1.29 is 4.39 Å². The van der Waals surface area contributed by atoms with Crippen LogP contribution in [0.4, 0.5) is 15.8 Å². The normalized spacial score (nSPS) is 11.6. The minimum Gasteiger partial charge on any atom is -0.276 e. The Hall–Kier alpha value is -3.34. The molecule has 0 atom stereocenters. The SMILES string of the molecule is Fc1ccc(N=NC(=NNc2ccccc2)c2ccccc2)cc1. The molecule has 0 bridgehead atoms. The van der Waals surface area contributed by atoms with Gasteiger partial charge < -0.3 is 0 Å². The van der Waals surface area contributed by atoms with Crippen LogP contribution in [-0.4, -0.2) is 5.84 Å². The zero-order valence-corrected chi connectivity index (χ0v) is 12.8. The van der Waals surface area contributed by atoms with Gasteiger partial charge in [0, 0.05) is 5.56 Å². The van der Waals surface area contributed by atoms with E-state index in [4.69, 9.17) is 0 Å². The summed E-state index contributed by atoms with van der Waals surface area (Å²) in [7, 11) is 0. The monoisotopic (exact) mass is 318 g/mol. The number of azo groups is 1. The topological polar surface area (TPSA) is 49.1 Å². The van der Waals surface area contributed by atoms with Gasteiger partial charge in [0.2, 0.25) is 5.84 Å². The summed E-state index contributed by atoms with van der Waals surface area (Å²) in [5.74, 6) is 0.125. The highest BCUT2D eigenvalue weighted by atomic mass is 19.1. The van der Waals surface area contributed by atoms with E-state index in [-0.39, 0.29) is 5.82 Å². The van der Waals surface area contributed by atoms with Gasteiger partial charge in [-0.2, -0.15) is 5.10 Å². The molecule has 0 saturated heterocycles. The Morgan fingerprint density at radius 3 is 2.04 bits per heavy atom. The Kier molecular flexibility index (Phi) is 5.04. The molecule has 3 aromatic rings. The molecule has 0 radical (unpaired) electrons. The van der Waals surface area contributed by atoms with Crippen LogP contribution in [0.2, 0.25) is 0 Å². The molecule has 3 aromatic carbocycles. The van der Waals surface area contributed by atoms with Gasteiger partial charge in [-0.3, -0.25) is 5.43 Å². The quantitative estimate of drug-likeness (QED) is 0.298. The van der Waals surface area contributed by atoms with Crippen LogP contribution in [0.15, 0.2) is 100 Å². The Labute approximate surface area is 139 Å². The molecule has 24 heavy (non-hydrogen) atoms. The number of nitrogens with zero attached hydrogens (tertiary/aromatic N) is 3. The Morgan fingerprint density at radius 1 is 0.750 bits per heavy atom. The molecule has 0 heterocycles. The van der Waals surface area contributed by atoms with Gasteiger partial charge in [-0.05, 0) is 36.4 Å². The van der Waals surface area contributed by atoms with E-state index < -0.39 is 0 Å². The van der Waals surface area contributed by atoms with E-state index in [1.165, 1.54) is 12.1 Å². The fourth-order valence-electron chi connectivity index (χ4n) is 1.97. The average molecular weight is 318 g/mol. The number of para-hydroxylation sites is 1. The minimum absolute atomic E-state index is 0.309. The smallest absolute Gasteiger partial charge is 0.201 e. The van der Waals surface area contributed by atoms with Crippen LogP contribution in [0, 0.1) is 5.82 Å². The molecule has 0 amide bonds. The molecule has 4 nitrogen and oxygen atoms in total. The Bertz CT molecular complexity index is 828. The van der Waals surface area contributed by atoms with Crippen molar-refractivity contribution in [2.45, 2.75) is 0 Å². The summed E-state index contributed by atoms with van der Waals surface area (Å²) < 4.78 is 13.0. The number of halogens is 1. The predicted octanol–water partition coefficient (Wildman–Crippen LogP) is 5.38. The Morgan fingerprint density at radius 2 is 1.38 bits per heavy atom. The molecular weight excluding hydrogens is 303 g/mol. The van der Waals surface area contributed by atoms with Crippen molar-refractivity contribution in [3.05, 3.63) is 96.3 Å². The highest BCUT2D eigenvalue weighted by molar-refractivity contribution is 5.99. The summed E-state index contributed by atoms with van der Waals surface area (Å²) >= 11 is 0. The van der Waals surface area contributed by atoms with Crippen LogP contribution < -0.4 is 5.43 Å². The van der Waals surface area contributed by atoms with Gasteiger partial charge >= 0.3 is 0 Å². The van der Waals surface area contributed by atoms with Crippen molar-refractivity contribution in [2.75, 3.05) is 5.43 Å². The third-order valence-electron chi connectivity index (χ3n) is 3.18.